The molecule has 98 valence electrons. The number of hydrogen-bond acceptors (Lipinski definition) is 2. The number of rotatable bonds is 8. The van der Waals surface area contributed by atoms with Crippen molar-refractivity contribution in [3.05, 3.63) is 18.0 Å². The summed E-state index contributed by atoms with van der Waals surface area (Å²) in [5.41, 5.74) is 1.33. The lowest BCUT2D eigenvalue weighted by atomic mass is 9.88. The maximum atomic E-state index is 4.38. The van der Waals surface area contributed by atoms with Crippen LogP contribution < -0.4 is 5.32 Å². The van der Waals surface area contributed by atoms with Gasteiger partial charge in [-0.05, 0) is 26.3 Å². The smallest absolute Gasteiger partial charge is 0.0537 e. The highest BCUT2D eigenvalue weighted by atomic mass is 15.3. The first-order chi connectivity index (χ1) is 8.26. The quantitative estimate of drug-likeness (QED) is 0.751. The van der Waals surface area contributed by atoms with E-state index in [9.17, 15) is 0 Å². The monoisotopic (exact) mass is 237 g/mol. The molecule has 0 aliphatic rings. The van der Waals surface area contributed by atoms with Crippen LogP contribution in [0, 0.1) is 5.92 Å². The molecule has 0 radical (unpaired) electrons. The van der Waals surface area contributed by atoms with Crippen molar-refractivity contribution in [3.63, 3.8) is 0 Å². The van der Waals surface area contributed by atoms with Gasteiger partial charge in [-0.2, -0.15) is 5.10 Å². The Morgan fingerprint density at radius 2 is 2.12 bits per heavy atom. The van der Waals surface area contributed by atoms with E-state index in [0.29, 0.717) is 6.04 Å². The van der Waals surface area contributed by atoms with Crippen molar-refractivity contribution in [2.45, 2.75) is 59.0 Å². The van der Waals surface area contributed by atoms with Gasteiger partial charge in [-0.15, -0.1) is 0 Å². The first kappa shape index (κ1) is 14.2. The Labute approximate surface area is 106 Å². The van der Waals surface area contributed by atoms with Crippen LogP contribution in [-0.2, 0) is 6.54 Å². The van der Waals surface area contributed by atoms with Gasteiger partial charge in [0, 0.05) is 24.3 Å². The molecule has 0 fully saturated rings. The second kappa shape index (κ2) is 7.49. The molecule has 2 atom stereocenters. The molecule has 1 rings (SSSR count). The van der Waals surface area contributed by atoms with Crippen LogP contribution >= 0.6 is 0 Å². The van der Waals surface area contributed by atoms with E-state index >= 15 is 0 Å². The summed E-state index contributed by atoms with van der Waals surface area (Å²) in [7, 11) is 2.06. The van der Waals surface area contributed by atoms with E-state index in [1.54, 1.807) is 0 Å². The molecule has 0 aliphatic carbocycles. The summed E-state index contributed by atoms with van der Waals surface area (Å²) in [6.07, 6.45) is 9.31. The van der Waals surface area contributed by atoms with Crippen molar-refractivity contribution in [1.82, 2.24) is 15.1 Å². The summed E-state index contributed by atoms with van der Waals surface area (Å²) in [5.74, 6) is 0.717. The van der Waals surface area contributed by atoms with Crippen molar-refractivity contribution in [2.24, 2.45) is 5.92 Å². The van der Waals surface area contributed by atoms with Crippen molar-refractivity contribution in [1.29, 1.82) is 0 Å². The molecule has 0 saturated carbocycles. The van der Waals surface area contributed by atoms with E-state index in [0.717, 1.165) is 12.5 Å². The lowest BCUT2D eigenvalue weighted by Gasteiger charge is -2.25. The fourth-order valence-electron chi connectivity index (χ4n) is 2.46. The average molecular weight is 237 g/mol. The van der Waals surface area contributed by atoms with Crippen LogP contribution in [-0.4, -0.2) is 16.8 Å². The van der Waals surface area contributed by atoms with Crippen LogP contribution in [0.4, 0.5) is 0 Å². The van der Waals surface area contributed by atoms with Gasteiger partial charge < -0.3 is 5.32 Å². The van der Waals surface area contributed by atoms with Crippen LogP contribution in [0.5, 0.6) is 0 Å². The normalized spacial score (nSPS) is 14.8. The standard InChI is InChI=1S/C14H27N3/c1-5-8-9-12(6-2)14(15-4)13-10-16-17(7-3)11-13/h10-12,14-15H,5-9H2,1-4H3. The molecule has 0 aromatic carbocycles. The first-order valence-corrected chi connectivity index (χ1v) is 6.96. The Morgan fingerprint density at radius 1 is 1.35 bits per heavy atom. The van der Waals surface area contributed by atoms with Gasteiger partial charge in [0.15, 0.2) is 0 Å². The summed E-state index contributed by atoms with van der Waals surface area (Å²) in [6, 6.07) is 0.451. The summed E-state index contributed by atoms with van der Waals surface area (Å²) in [5, 5.41) is 7.84. The number of aromatic nitrogens is 2. The largest absolute Gasteiger partial charge is 0.313 e. The fraction of sp³-hybridized carbons (Fsp3) is 0.786. The molecule has 2 unspecified atom stereocenters. The predicted octanol–water partition coefficient (Wildman–Crippen LogP) is 3.38. The first-order valence-electron chi connectivity index (χ1n) is 6.96. The van der Waals surface area contributed by atoms with E-state index in [4.69, 9.17) is 0 Å². The van der Waals surface area contributed by atoms with E-state index in [1.165, 1.54) is 31.2 Å². The van der Waals surface area contributed by atoms with Gasteiger partial charge in [0.05, 0.1) is 6.20 Å². The van der Waals surface area contributed by atoms with Gasteiger partial charge in [0.1, 0.15) is 0 Å². The highest BCUT2D eigenvalue weighted by molar-refractivity contribution is 5.11. The van der Waals surface area contributed by atoms with Gasteiger partial charge in [-0.3, -0.25) is 4.68 Å². The van der Waals surface area contributed by atoms with E-state index in [1.807, 2.05) is 10.9 Å². The Bertz CT molecular complexity index is 306. The summed E-state index contributed by atoms with van der Waals surface area (Å²) >= 11 is 0. The van der Waals surface area contributed by atoms with Crippen molar-refractivity contribution < 1.29 is 0 Å². The molecule has 1 heterocycles. The SMILES string of the molecule is CCCCC(CC)C(NC)c1cnn(CC)c1. The van der Waals surface area contributed by atoms with Crippen molar-refractivity contribution >= 4 is 0 Å². The Hall–Kier alpha value is -0.830. The molecular weight excluding hydrogens is 210 g/mol. The van der Waals surface area contributed by atoms with Gasteiger partial charge in [0.25, 0.3) is 0 Å². The molecule has 0 amide bonds. The van der Waals surface area contributed by atoms with E-state index < -0.39 is 0 Å². The molecule has 1 aromatic heterocycles. The maximum Gasteiger partial charge on any atom is 0.0537 e. The molecule has 17 heavy (non-hydrogen) atoms. The second-order valence-electron chi connectivity index (χ2n) is 4.71. The third-order valence-corrected chi connectivity index (χ3v) is 3.57. The van der Waals surface area contributed by atoms with Crippen LogP contribution in [0.25, 0.3) is 0 Å². The molecule has 0 aliphatic heterocycles. The number of nitrogens with one attached hydrogen (secondary N) is 1. The Morgan fingerprint density at radius 3 is 2.59 bits per heavy atom. The summed E-state index contributed by atoms with van der Waals surface area (Å²) in [4.78, 5) is 0. The third kappa shape index (κ3) is 3.84. The minimum Gasteiger partial charge on any atom is -0.313 e. The summed E-state index contributed by atoms with van der Waals surface area (Å²) in [6.45, 7) is 7.62. The number of aryl methyl sites for hydroxylation is 1. The highest BCUT2D eigenvalue weighted by Gasteiger charge is 2.20. The van der Waals surface area contributed by atoms with Crippen molar-refractivity contribution in [2.75, 3.05) is 7.05 Å². The van der Waals surface area contributed by atoms with E-state index in [-0.39, 0.29) is 0 Å². The fourth-order valence-corrected chi connectivity index (χ4v) is 2.46. The average Bonchev–Trinajstić information content (AvgIpc) is 2.82. The minimum absolute atomic E-state index is 0.451. The molecule has 0 spiro atoms. The van der Waals surface area contributed by atoms with Gasteiger partial charge in [-0.25, -0.2) is 0 Å². The lowest BCUT2D eigenvalue weighted by Crippen LogP contribution is -2.24. The van der Waals surface area contributed by atoms with Gasteiger partial charge in [-0.1, -0.05) is 33.1 Å². The highest BCUT2D eigenvalue weighted by Crippen LogP contribution is 2.28. The molecular formula is C14H27N3. The topological polar surface area (TPSA) is 29.9 Å². The molecule has 1 aromatic rings. The van der Waals surface area contributed by atoms with Crippen LogP contribution in [0.15, 0.2) is 12.4 Å². The molecule has 1 N–H and O–H groups in total. The molecule has 3 heteroatoms. The second-order valence-corrected chi connectivity index (χ2v) is 4.71. The number of hydrogen-bond donors (Lipinski definition) is 1. The van der Waals surface area contributed by atoms with Crippen LogP contribution in [0.3, 0.4) is 0 Å². The Kier molecular flexibility index (Phi) is 6.27. The minimum atomic E-state index is 0.451. The predicted molar refractivity (Wildman–Crippen MR) is 73.0 cm³/mol. The molecule has 0 saturated heterocycles. The van der Waals surface area contributed by atoms with Crippen LogP contribution in [0.1, 0.15) is 58.1 Å². The third-order valence-electron chi connectivity index (χ3n) is 3.57. The molecule has 3 nitrogen and oxygen atoms in total. The Balaban J connectivity index is 2.73. The van der Waals surface area contributed by atoms with Crippen LogP contribution in [0.2, 0.25) is 0 Å². The number of nitrogens with zero attached hydrogens (tertiary/aromatic N) is 2. The zero-order chi connectivity index (χ0) is 12.7. The van der Waals surface area contributed by atoms with Crippen molar-refractivity contribution in [3.8, 4) is 0 Å². The maximum absolute atomic E-state index is 4.38. The summed E-state index contributed by atoms with van der Waals surface area (Å²) < 4.78 is 2.01. The lowest BCUT2D eigenvalue weighted by molar-refractivity contribution is 0.339. The van der Waals surface area contributed by atoms with E-state index in [2.05, 4.69) is 44.4 Å². The zero-order valence-corrected chi connectivity index (χ0v) is 11.7. The van der Waals surface area contributed by atoms with Gasteiger partial charge >= 0.3 is 0 Å². The van der Waals surface area contributed by atoms with Gasteiger partial charge in [0.2, 0.25) is 0 Å². The molecule has 0 bridgehead atoms. The number of unbranched alkanes of at least 4 members (excludes halogenated alkanes) is 1. The zero-order valence-electron chi connectivity index (χ0n) is 11.7.